The van der Waals surface area contributed by atoms with Gasteiger partial charge in [0.2, 0.25) is 0 Å². The van der Waals surface area contributed by atoms with Crippen LogP contribution in [0.2, 0.25) is 0 Å². The van der Waals surface area contributed by atoms with Crippen molar-refractivity contribution in [3.63, 3.8) is 0 Å². The highest BCUT2D eigenvalue weighted by molar-refractivity contribution is 5.89. The molecule has 0 spiro atoms. The molecule has 5 heteroatoms. The minimum Gasteiger partial charge on any atom is -0.465 e. The summed E-state index contributed by atoms with van der Waals surface area (Å²) >= 11 is 0. The molecular weight excluding hydrogens is 256 g/mol. The maximum absolute atomic E-state index is 11.4. The number of aliphatic hydroxyl groups is 1. The summed E-state index contributed by atoms with van der Waals surface area (Å²) in [5, 5.41) is 13.8. The number of carbonyl (C=O) groups excluding carboxylic acids is 1. The molecule has 20 heavy (non-hydrogen) atoms. The molecule has 1 aromatic carbocycles. The molecule has 2 N–H and O–H groups in total. The van der Waals surface area contributed by atoms with Crippen molar-refractivity contribution in [2.24, 2.45) is 0 Å². The van der Waals surface area contributed by atoms with Crippen LogP contribution < -0.4 is 10.2 Å². The van der Waals surface area contributed by atoms with Gasteiger partial charge in [0.15, 0.2) is 0 Å². The molecule has 1 heterocycles. The van der Waals surface area contributed by atoms with Crippen LogP contribution in [0.25, 0.3) is 0 Å². The molecule has 2 rings (SSSR count). The number of likely N-dealkylation sites (N-methyl/N-ethyl adjacent to an activating group) is 1. The van der Waals surface area contributed by atoms with Crippen LogP contribution in [0.3, 0.4) is 0 Å². The fraction of sp³-hybridized carbons (Fsp3) is 0.533. The van der Waals surface area contributed by atoms with Crippen molar-refractivity contribution < 1.29 is 14.6 Å². The molecule has 1 aliphatic rings. The second kappa shape index (κ2) is 6.24. The molecule has 5 nitrogen and oxygen atoms in total. The fourth-order valence-corrected chi connectivity index (χ4v) is 2.55. The largest absolute Gasteiger partial charge is 0.465 e. The lowest BCUT2D eigenvalue weighted by atomic mass is 9.92. The van der Waals surface area contributed by atoms with Gasteiger partial charge in [0.25, 0.3) is 0 Å². The highest BCUT2D eigenvalue weighted by Gasteiger charge is 2.30. The third kappa shape index (κ3) is 3.49. The number of carbonyl (C=O) groups is 1. The molecule has 1 aromatic rings. The van der Waals surface area contributed by atoms with Gasteiger partial charge in [-0.1, -0.05) is 0 Å². The summed E-state index contributed by atoms with van der Waals surface area (Å²) in [6.45, 7) is 2.30. The van der Waals surface area contributed by atoms with E-state index in [-0.39, 0.29) is 5.97 Å². The van der Waals surface area contributed by atoms with E-state index in [0.29, 0.717) is 12.1 Å². The second-order valence-electron chi connectivity index (χ2n) is 5.37. The van der Waals surface area contributed by atoms with Crippen molar-refractivity contribution in [2.75, 3.05) is 38.7 Å². The first-order chi connectivity index (χ1) is 9.54. The van der Waals surface area contributed by atoms with Crippen LogP contribution in [0.1, 0.15) is 23.2 Å². The first-order valence-corrected chi connectivity index (χ1v) is 6.87. The number of esters is 1. The third-order valence-corrected chi connectivity index (χ3v) is 3.79. The molecule has 0 bridgehead atoms. The highest BCUT2D eigenvalue weighted by Crippen LogP contribution is 2.22. The highest BCUT2D eigenvalue weighted by atomic mass is 16.5. The Morgan fingerprint density at radius 1 is 1.35 bits per heavy atom. The molecule has 0 aliphatic carbocycles. The van der Waals surface area contributed by atoms with Gasteiger partial charge in [-0.25, -0.2) is 4.79 Å². The third-order valence-electron chi connectivity index (χ3n) is 3.79. The van der Waals surface area contributed by atoms with Crippen molar-refractivity contribution in [2.45, 2.75) is 18.4 Å². The lowest BCUT2D eigenvalue weighted by molar-refractivity contribution is 0.0183. The van der Waals surface area contributed by atoms with E-state index in [0.717, 1.165) is 31.6 Å². The molecule has 110 valence electrons. The Balaban J connectivity index is 2.01. The van der Waals surface area contributed by atoms with Crippen LogP contribution >= 0.6 is 0 Å². The van der Waals surface area contributed by atoms with Crippen molar-refractivity contribution in [1.82, 2.24) is 5.32 Å². The lowest BCUT2D eigenvalue weighted by Crippen LogP contribution is -2.49. The predicted octanol–water partition coefficient (Wildman–Crippen LogP) is 1.02. The van der Waals surface area contributed by atoms with E-state index in [1.807, 2.05) is 24.1 Å². The molecular formula is C15H22N2O3. The predicted molar refractivity (Wildman–Crippen MR) is 78.1 cm³/mol. The SMILES string of the molecule is COC(=O)c1ccc(N(C)CC2(O)CCNCC2)cc1. The molecule has 0 saturated carbocycles. The molecule has 1 saturated heterocycles. The molecule has 0 atom stereocenters. The number of nitrogens with zero attached hydrogens (tertiary/aromatic N) is 1. The standard InChI is InChI=1S/C15H22N2O3/c1-17(11-15(19)7-9-16-10-8-15)13-5-3-12(4-6-13)14(18)20-2/h3-6,16,19H,7-11H2,1-2H3. The summed E-state index contributed by atoms with van der Waals surface area (Å²) < 4.78 is 4.67. The van der Waals surface area contributed by atoms with Gasteiger partial charge in [-0.3, -0.25) is 0 Å². The summed E-state index contributed by atoms with van der Waals surface area (Å²) in [7, 11) is 3.32. The first kappa shape index (κ1) is 14.8. The lowest BCUT2D eigenvalue weighted by Gasteiger charge is -2.36. The average molecular weight is 278 g/mol. The van der Waals surface area contributed by atoms with Crippen LogP contribution in [0.15, 0.2) is 24.3 Å². The number of nitrogens with one attached hydrogen (secondary N) is 1. The number of benzene rings is 1. The summed E-state index contributed by atoms with van der Waals surface area (Å²) in [6, 6.07) is 7.22. The molecule has 0 radical (unpaired) electrons. The number of methoxy groups -OCH3 is 1. The zero-order chi connectivity index (χ0) is 14.6. The van der Waals surface area contributed by atoms with Crippen LogP contribution in [0, 0.1) is 0 Å². The monoisotopic (exact) mass is 278 g/mol. The van der Waals surface area contributed by atoms with Gasteiger partial charge in [-0.2, -0.15) is 0 Å². The minimum atomic E-state index is -0.638. The van der Waals surface area contributed by atoms with E-state index in [1.54, 1.807) is 12.1 Å². The normalized spacial score (nSPS) is 17.6. The topological polar surface area (TPSA) is 61.8 Å². The summed E-state index contributed by atoms with van der Waals surface area (Å²) in [5.41, 5.74) is 0.871. The maximum Gasteiger partial charge on any atom is 0.337 e. The van der Waals surface area contributed by atoms with Crippen LogP contribution in [0.4, 0.5) is 5.69 Å². The number of anilines is 1. The van der Waals surface area contributed by atoms with Crippen molar-refractivity contribution in [1.29, 1.82) is 0 Å². The first-order valence-electron chi connectivity index (χ1n) is 6.87. The van der Waals surface area contributed by atoms with E-state index in [9.17, 15) is 9.90 Å². The van der Waals surface area contributed by atoms with Crippen LogP contribution in [-0.4, -0.2) is 50.5 Å². The molecule has 1 aliphatic heterocycles. The molecule has 0 unspecified atom stereocenters. The smallest absolute Gasteiger partial charge is 0.337 e. The van der Waals surface area contributed by atoms with E-state index >= 15 is 0 Å². The van der Waals surface area contributed by atoms with Gasteiger partial charge in [-0.15, -0.1) is 0 Å². The Hall–Kier alpha value is -1.59. The molecule has 1 fully saturated rings. The van der Waals surface area contributed by atoms with Crippen LogP contribution in [-0.2, 0) is 4.74 Å². The summed E-state index contributed by atoms with van der Waals surface area (Å²) in [5.74, 6) is -0.337. The van der Waals surface area contributed by atoms with E-state index < -0.39 is 5.60 Å². The molecule has 0 aromatic heterocycles. The Morgan fingerprint density at radius 2 is 1.95 bits per heavy atom. The Morgan fingerprint density at radius 3 is 2.50 bits per heavy atom. The maximum atomic E-state index is 11.4. The number of ether oxygens (including phenoxy) is 1. The van der Waals surface area contributed by atoms with Gasteiger partial charge in [0, 0.05) is 19.3 Å². The molecule has 0 amide bonds. The van der Waals surface area contributed by atoms with Crippen molar-refractivity contribution in [3.05, 3.63) is 29.8 Å². The minimum absolute atomic E-state index is 0.337. The summed E-state index contributed by atoms with van der Waals surface area (Å²) in [6.07, 6.45) is 1.52. The number of hydrogen-bond donors (Lipinski definition) is 2. The second-order valence-corrected chi connectivity index (χ2v) is 5.37. The van der Waals surface area contributed by atoms with Gasteiger partial charge >= 0.3 is 5.97 Å². The number of rotatable bonds is 4. The van der Waals surface area contributed by atoms with Crippen molar-refractivity contribution in [3.8, 4) is 0 Å². The van der Waals surface area contributed by atoms with Gasteiger partial charge in [0.1, 0.15) is 0 Å². The zero-order valence-electron chi connectivity index (χ0n) is 12.1. The van der Waals surface area contributed by atoms with E-state index in [4.69, 9.17) is 0 Å². The van der Waals surface area contributed by atoms with Gasteiger partial charge in [0.05, 0.1) is 18.3 Å². The Bertz CT molecular complexity index is 453. The van der Waals surface area contributed by atoms with E-state index in [2.05, 4.69) is 10.1 Å². The van der Waals surface area contributed by atoms with Crippen LogP contribution in [0.5, 0.6) is 0 Å². The number of piperidine rings is 1. The zero-order valence-corrected chi connectivity index (χ0v) is 12.1. The Kier molecular flexibility index (Phi) is 4.62. The van der Waals surface area contributed by atoms with Gasteiger partial charge < -0.3 is 20.1 Å². The fourth-order valence-electron chi connectivity index (χ4n) is 2.55. The Labute approximate surface area is 119 Å². The average Bonchev–Trinajstić information content (AvgIpc) is 2.47. The van der Waals surface area contributed by atoms with Crippen molar-refractivity contribution >= 4 is 11.7 Å². The summed E-state index contributed by atoms with van der Waals surface area (Å²) in [4.78, 5) is 13.4. The number of hydrogen-bond acceptors (Lipinski definition) is 5. The quantitative estimate of drug-likeness (QED) is 0.805. The van der Waals surface area contributed by atoms with Gasteiger partial charge in [-0.05, 0) is 50.2 Å². The van der Waals surface area contributed by atoms with E-state index in [1.165, 1.54) is 7.11 Å².